The molecule has 3 heterocycles. The lowest BCUT2D eigenvalue weighted by Crippen LogP contribution is -2.60. The first-order chi connectivity index (χ1) is 18.8. The molecule has 7 nitrogen and oxygen atoms in total. The topological polar surface area (TPSA) is 88.7 Å². The Morgan fingerprint density at radius 1 is 1.13 bits per heavy atom. The third-order valence-corrected chi connectivity index (χ3v) is 8.15. The third kappa shape index (κ3) is 4.89. The average molecular weight is 585 g/mol. The van der Waals surface area contributed by atoms with Crippen molar-refractivity contribution in [1.29, 1.82) is 0 Å². The Morgan fingerprint density at radius 2 is 1.87 bits per heavy atom. The number of β-amino-alcohol motifs (C(OH)–C–C–N with tert-alkyl or cyclic N) is 1. The Labute approximate surface area is 240 Å². The second-order valence-electron chi connectivity index (χ2n) is 10.1. The minimum absolute atomic E-state index is 0.196. The van der Waals surface area contributed by atoms with Gasteiger partial charge in [-0.2, -0.15) is 0 Å². The fourth-order valence-corrected chi connectivity index (χ4v) is 5.98. The number of aliphatic hydroxyl groups is 1. The van der Waals surface area contributed by atoms with E-state index in [0.717, 1.165) is 41.8 Å². The molecule has 2 aliphatic rings. The highest BCUT2D eigenvalue weighted by Crippen LogP contribution is 2.46. The van der Waals surface area contributed by atoms with Crippen molar-refractivity contribution in [3.05, 3.63) is 91.7 Å². The molecule has 0 unspecified atom stereocenters. The zero-order chi connectivity index (χ0) is 27.3. The van der Waals surface area contributed by atoms with Crippen molar-refractivity contribution in [2.75, 3.05) is 18.0 Å². The molecule has 1 N–H and O–H groups in total. The van der Waals surface area contributed by atoms with E-state index in [1.165, 1.54) is 6.20 Å². The molecule has 2 aromatic heterocycles. The van der Waals surface area contributed by atoms with E-state index in [1.54, 1.807) is 42.5 Å². The number of benzene rings is 2. The summed E-state index contributed by atoms with van der Waals surface area (Å²) < 4.78 is 11.9. The van der Waals surface area contributed by atoms with Crippen molar-refractivity contribution in [1.82, 2.24) is 10.1 Å². The van der Waals surface area contributed by atoms with E-state index in [4.69, 9.17) is 44.1 Å². The van der Waals surface area contributed by atoms with E-state index in [-0.39, 0.29) is 6.61 Å². The Morgan fingerprint density at radius 3 is 2.51 bits per heavy atom. The molecule has 1 aliphatic carbocycles. The fraction of sp³-hybridized carbons (Fsp3) is 0.276. The molecule has 0 amide bonds. The van der Waals surface area contributed by atoms with Crippen LogP contribution in [-0.4, -0.2) is 34.6 Å². The summed E-state index contributed by atoms with van der Waals surface area (Å²) in [4.78, 5) is 17.3. The molecule has 1 saturated heterocycles. The number of hydrogen-bond donors (Lipinski definition) is 1. The molecule has 1 aliphatic heterocycles. The van der Waals surface area contributed by atoms with E-state index in [1.807, 2.05) is 11.8 Å². The Balaban J connectivity index is 1.19. The summed E-state index contributed by atoms with van der Waals surface area (Å²) in [6.45, 7) is 2.74. The smallest absolute Gasteiger partial charge is 0.151 e. The van der Waals surface area contributed by atoms with Crippen LogP contribution < -0.4 is 9.64 Å². The zero-order valence-electron chi connectivity index (χ0n) is 21.0. The van der Waals surface area contributed by atoms with Crippen LogP contribution in [0.15, 0.2) is 53.2 Å². The summed E-state index contributed by atoms with van der Waals surface area (Å²) in [6, 6.07) is 12.4. The van der Waals surface area contributed by atoms with Crippen LogP contribution in [-0.2, 0) is 12.2 Å². The molecule has 1 saturated carbocycles. The van der Waals surface area contributed by atoms with Gasteiger partial charge < -0.3 is 19.3 Å². The first-order valence-corrected chi connectivity index (χ1v) is 13.7. The van der Waals surface area contributed by atoms with E-state index < -0.39 is 5.60 Å². The van der Waals surface area contributed by atoms with Gasteiger partial charge in [-0.3, -0.25) is 4.79 Å². The Hall–Kier alpha value is -3.10. The lowest BCUT2D eigenvalue weighted by atomic mass is 9.85. The number of halogens is 3. The molecule has 6 rings (SSSR count). The summed E-state index contributed by atoms with van der Waals surface area (Å²) in [5.41, 5.74) is 2.87. The average Bonchev–Trinajstić information content (AvgIpc) is 3.66. The van der Waals surface area contributed by atoms with Crippen molar-refractivity contribution < 1.29 is 19.2 Å². The van der Waals surface area contributed by atoms with Crippen LogP contribution in [0, 0.1) is 6.92 Å². The van der Waals surface area contributed by atoms with Gasteiger partial charge >= 0.3 is 0 Å². The highest BCUT2D eigenvalue weighted by molar-refractivity contribution is 6.39. The van der Waals surface area contributed by atoms with Gasteiger partial charge in [-0.15, -0.1) is 0 Å². The van der Waals surface area contributed by atoms with Crippen LogP contribution >= 0.6 is 34.8 Å². The van der Waals surface area contributed by atoms with Gasteiger partial charge in [0.05, 0.1) is 33.7 Å². The molecule has 0 radical (unpaired) electrons. The minimum Gasteiger partial charge on any atom is -0.489 e. The van der Waals surface area contributed by atoms with Crippen LogP contribution in [0.1, 0.15) is 51.6 Å². The largest absolute Gasteiger partial charge is 0.489 e. The molecule has 0 bridgehead atoms. The number of ether oxygens (including phenoxy) is 1. The van der Waals surface area contributed by atoms with Gasteiger partial charge in [0.25, 0.3) is 0 Å². The number of hydrogen-bond acceptors (Lipinski definition) is 7. The molecule has 0 atom stereocenters. The minimum atomic E-state index is -1.13. The van der Waals surface area contributed by atoms with Crippen molar-refractivity contribution in [3.8, 4) is 17.0 Å². The first-order valence-electron chi connectivity index (χ1n) is 12.5. The van der Waals surface area contributed by atoms with Gasteiger partial charge in [0.2, 0.25) is 0 Å². The molecule has 2 aromatic carbocycles. The van der Waals surface area contributed by atoms with Crippen molar-refractivity contribution in [3.63, 3.8) is 0 Å². The molecule has 10 heteroatoms. The monoisotopic (exact) mass is 583 g/mol. The Kier molecular flexibility index (Phi) is 6.79. The number of aldehydes is 1. The van der Waals surface area contributed by atoms with E-state index in [9.17, 15) is 9.90 Å². The standard InChI is InChI=1S/C29H24Cl3N3O4/c1-16-9-17(12-36)11-33-28(16)35-14-29(37,15-35)21-8-7-19(10-24(21)32)38-13-20-26(34-39-27(20)18-5-6-18)25-22(30)3-2-4-23(25)31/h2-4,7-12,18,37H,5-6,13-15H2,1H3. The maximum absolute atomic E-state index is 11.3. The fourth-order valence-electron chi connectivity index (χ4n) is 5.06. The molecule has 2 fully saturated rings. The highest BCUT2D eigenvalue weighted by Gasteiger charge is 2.45. The van der Waals surface area contributed by atoms with Crippen LogP contribution in [0.4, 0.5) is 5.82 Å². The predicted molar refractivity (Wildman–Crippen MR) is 150 cm³/mol. The van der Waals surface area contributed by atoms with E-state index in [2.05, 4.69) is 10.1 Å². The number of rotatable bonds is 8. The van der Waals surface area contributed by atoms with Gasteiger partial charge in [-0.25, -0.2) is 4.98 Å². The maximum Gasteiger partial charge on any atom is 0.151 e. The van der Waals surface area contributed by atoms with Gasteiger partial charge in [-0.1, -0.05) is 52.1 Å². The number of aryl methyl sites for hydroxylation is 1. The number of aromatic nitrogens is 2. The summed E-state index contributed by atoms with van der Waals surface area (Å²) in [5, 5.41) is 17.0. The van der Waals surface area contributed by atoms with E-state index >= 15 is 0 Å². The van der Waals surface area contributed by atoms with Crippen molar-refractivity contribution >= 4 is 46.9 Å². The lowest BCUT2D eigenvalue weighted by molar-refractivity contribution is 0.00705. The quantitative estimate of drug-likeness (QED) is 0.224. The zero-order valence-corrected chi connectivity index (χ0v) is 23.2. The lowest BCUT2D eigenvalue weighted by Gasteiger charge is -2.48. The van der Waals surface area contributed by atoms with Crippen LogP contribution in [0.25, 0.3) is 11.3 Å². The summed E-state index contributed by atoms with van der Waals surface area (Å²) in [5.74, 6) is 2.37. The van der Waals surface area contributed by atoms with Crippen molar-refractivity contribution in [2.45, 2.75) is 37.9 Å². The molecule has 0 spiro atoms. The van der Waals surface area contributed by atoms with Crippen LogP contribution in [0.2, 0.25) is 15.1 Å². The van der Waals surface area contributed by atoms with Crippen LogP contribution in [0.5, 0.6) is 5.75 Å². The molecule has 39 heavy (non-hydrogen) atoms. The van der Waals surface area contributed by atoms with Gasteiger partial charge in [-0.05, 0) is 55.7 Å². The van der Waals surface area contributed by atoms with E-state index in [0.29, 0.717) is 62.2 Å². The molecular weight excluding hydrogens is 561 g/mol. The van der Waals surface area contributed by atoms with Gasteiger partial charge in [0.1, 0.15) is 35.2 Å². The normalized spacial score (nSPS) is 16.2. The van der Waals surface area contributed by atoms with Crippen molar-refractivity contribution in [2.24, 2.45) is 0 Å². The Bertz CT molecular complexity index is 1560. The molecule has 4 aromatic rings. The number of carbonyl (C=O) groups is 1. The summed E-state index contributed by atoms with van der Waals surface area (Å²) in [6.07, 6.45) is 4.36. The molecule has 200 valence electrons. The first kappa shape index (κ1) is 26.1. The second kappa shape index (κ2) is 10.1. The maximum atomic E-state index is 11.3. The highest BCUT2D eigenvalue weighted by atomic mass is 35.5. The summed E-state index contributed by atoms with van der Waals surface area (Å²) >= 11 is 19.6. The predicted octanol–water partition coefficient (Wildman–Crippen LogP) is 6.98. The third-order valence-electron chi connectivity index (χ3n) is 7.20. The van der Waals surface area contributed by atoms with Gasteiger partial charge in [0.15, 0.2) is 6.29 Å². The van der Waals surface area contributed by atoms with Crippen LogP contribution in [0.3, 0.4) is 0 Å². The second-order valence-corrected chi connectivity index (χ2v) is 11.3. The summed E-state index contributed by atoms with van der Waals surface area (Å²) in [7, 11) is 0. The number of carbonyl (C=O) groups excluding carboxylic acids is 1. The number of anilines is 1. The molecular formula is C29H24Cl3N3O4. The SMILES string of the molecule is Cc1cc(C=O)cnc1N1CC(O)(c2ccc(OCc3c(-c4c(Cl)cccc4Cl)noc3C3CC3)cc2Cl)C1. The van der Waals surface area contributed by atoms with Gasteiger partial charge in [0, 0.05) is 28.8 Å². The number of nitrogens with zero attached hydrogens (tertiary/aromatic N) is 3. The number of pyridine rings is 1.